The van der Waals surface area contributed by atoms with Crippen LogP contribution in [0.2, 0.25) is 0 Å². The van der Waals surface area contributed by atoms with Gasteiger partial charge in [-0.15, -0.1) is 0 Å². The number of ether oxygens (including phenoxy) is 1. The lowest BCUT2D eigenvalue weighted by molar-refractivity contribution is 0.184. The molecular weight excluding hydrogens is 263 g/mol. The van der Waals surface area contributed by atoms with Crippen molar-refractivity contribution in [1.29, 1.82) is 0 Å². The zero-order chi connectivity index (χ0) is 14.5. The lowest BCUT2D eigenvalue weighted by atomic mass is 10.1. The molecule has 1 aromatic carbocycles. The third-order valence-corrected chi connectivity index (χ3v) is 2.76. The van der Waals surface area contributed by atoms with Crippen molar-refractivity contribution in [3.05, 3.63) is 41.3 Å². The highest BCUT2D eigenvalue weighted by atomic mass is 19.1. The molecule has 0 spiro atoms. The van der Waals surface area contributed by atoms with Crippen molar-refractivity contribution in [2.75, 3.05) is 0 Å². The molecule has 0 aliphatic heterocycles. The molecule has 6 heteroatoms. The molecule has 0 radical (unpaired) electrons. The van der Waals surface area contributed by atoms with Gasteiger partial charge in [0.2, 0.25) is 0 Å². The Bertz CT molecular complexity index is 569. The molecule has 0 amide bonds. The van der Waals surface area contributed by atoms with E-state index >= 15 is 0 Å². The van der Waals surface area contributed by atoms with Gasteiger partial charge in [0, 0.05) is 12.0 Å². The van der Waals surface area contributed by atoms with E-state index < -0.39 is 11.9 Å². The quantitative estimate of drug-likeness (QED) is 0.881. The van der Waals surface area contributed by atoms with Crippen LogP contribution in [0.25, 0.3) is 0 Å². The Morgan fingerprint density at radius 3 is 2.95 bits per heavy atom. The second kappa shape index (κ2) is 6.47. The third kappa shape index (κ3) is 3.54. The SMILES string of the molecule is CCCc1noc(COc2ccc(F)cc2[C@@H](C)O)n1. The smallest absolute Gasteiger partial charge is 0.264 e. The zero-order valence-corrected chi connectivity index (χ0v) is 11.5. The Morgan fingerprint density at radius 1 is 1.45 bits per heavy atom. The second-order valence-electron chi connectivity index (χ2n) is 4.50. The molecule has 0 saturated carbocycles. The minimum absolute atomic E-state index is 0.0854. The lowest BCUT2D eigenvalue weighted by Gasteiger charge is -2.12. The van der Waals surface area contributed by atoms with E-state index in [1.165, 1.54) is 18.2 Å². The summed E-state index contributed by atoms with van der Waals surface area (Å²) in [4.78, 5) is 4.17. The first-order valence-corrected chi connectivity index (χ1v) is 6.52. The van der Waals surface area contributed by atoms with Gasteiger partial charge in [-0.05, 0) is 31.5 Å². The van der Waals surface area contributed by atoms with Gasteiger partial charge in [0.15, 0.2) is 12.4 Å². The first-order chi connectivity index (χ1) is 9.60. The number of hydrogen-bond donors (Lipinski definition) is 1. The molecule has 1 heterocycles. The van der Waals surface area contributed by atoms with E-state index in [1.54, 1.807) is 6.92 Å². The Balaban J connectivity index is 2.06. The van der Waals surface area contributed by atoms with E-state index in [0.717, 1.165) is 12.8 Å². The van der Waals surface area contributed by atoms with Gasteiger partial charge in [0.05, 0.1) is 6.10 Å². The third-order valence-electron chi connectivity index (χ3n) is 2.76. The molecule has 5 nitrogen and oxygen atoms in total. The molecule has 2 rings (SSSR count). The molecule has 1 aromatic heterocycles. The van der Waals surface area contributed by atoms with Crippen molar-refractivity contribution in [3.8, 4) is 5.75 Å². The van der Waals surface area contributed by atoms with Crippen LogP contribution < -0.4 is 4.74 Å². The molecule has 20 heavy (non-hydrogen) atoms. The number of benzene rings is 1. The molecular formula is C14H17FN2O3. The highest BCUT2D eigenvalue weighted by Gasteiger charge is 2.12. The second-order valence-corrected chi connectivity index (χ2v) is 4.50. The van der Waals surface area contributed by atoms with Gasteiger partial charge in [-0.2, -0.15) is 4.98 Å². The van der Waals surface area contributed by atoms with Crippen LogP contribution >= 0.6 is 0 Å². The van der Waals surface area contributed by atoms with Crippen molar-refractivity contribution in [2.24, 2.45) is 0 Å². The van der Waals surface area contributed by atoms with Crippen LogP contribution in [0, 0.1) is 5.82 Å². The summed E-state index contributed by atoms with van der Waals surface area (Å²) in [7, 11) is 0. The van der Waals surface area contributed by atoms with Crippen LogP contribution in [0.15, 0.2) is 22.7 Å². The molecule has 0 fully saturated rings. The molecule has 0 aliphatic rings. The van der Waals surface area contributed by atoms with E-state index in [-0.39, 0.29) is 6.61 Å². The van der Waals surface area contributed by atoms with Crippen molar-refractivity contribution < 1.29 is 18.8 Å². The van der Waals surface area contributed by atoms with E-state index in [0.29, 0.717) is 23.0 Å². The normalized spacial score (nSPS) is 12.4. The highest BCUT2D eigenvalue weighted by Crippen LogP contribution is 2.26. The van der Waals surface area contributed by atoms with Gasteiger partial charge in [0.25, 0.3) is 5.89 Å². The monoisotopic (exact) mass is 280 g/mol. The molecule has 108 valence electrons. The van der Waals surface area contributed by atoms with Crippen LogP contribution in [0.5, 0.6) is 5.75 Å². The molecule has 1 N–H and O–H groups in total. The largest absolute Gasteiger partial charge is 0.483 e. The molecule has 0 bridgehead atoms. The van der Waals surface area contributed by atoms with Gasteiger partial charge in [0.1, 0.15) is 11.6 Å². The van der Waals surface area contributed by atoms with Crippen LogP contribution in [0.1, 0.15) is 43.7 Å². The lowest BCUT2D eigenvalue weighted by Crippen LogP contribution is -2.02. The number of nitrogens with zero attached hydrogens (tertiary/aromatic N) is 2. The van der Waals surface area contributed by atoms with Gasteiger partial charge in [-0.3, -0.25) is 0 Å². The zero-order valence-electron chi connectivity index (χ0n) is 11.5. The minimum Gasteiger partial charge on any atom is -0.483 e. The number of halogens is 1. The van der Waals surface area contributed by atoms with E-state index in [1.807, 2.05) is 6.92 Å². The highest BCUT2D eigenvalue weighted by molar-refractivity contribution is 5.35. The number of aliphatic hydroxyl groups excluding tert-OH is 1. The number of hydrogen-bond acceptors (Lipinski definition) is 5. The Morgan fingerprint density at radius 2 is 2.25 bits per heavy atom. The fourth-order valence-electron chi connectivity index (χ4n) is 1.79. The average Bonchev–Trinajstić information content (AvgIpc) is 2.85. The fraction of sp³-hybridized carbons (Fsp3) is 0.429. The Kier molecular flexibility index (Phi) is 4.68. The molecule has 0 aliphatic carbocycles. The van der Waals surface area contributed by atoms with Gasteiger partial charge < -0.3 is 14.4 Å². The van der Waals surface area contributed by atoms with Crippen molar-refractivity contribution in [3.63, 3.8) is 0 Å². The standard InChI is InChI=1S/C14H17FN2O3/c1-3-4-13-16-14(20-17-13)8-19-12-6-5-10(15)7-11(12)9(2)18/h5-7,9,18H,3-4,8H2,1-2H3/t9-/m1/s1. The van der Waals surface area contributed by atoms with Crippen LogP contribution in [-0.4, -0.2) is 15.2 Å². The summed E-state index contributed by atoms with van der Waals surface area (Å²) in [5.41, 5.74) is 0.387. The molecule has 2 aromatic rings. The number of aromatic nitrogens is 2. The number of aliphatic hydroxyl groups is 1. The van der Waals surface area contributed by atoms with Crippen molar-refractivity contribution in [1.82, 2.24) is 10.1 Å². The minimum atomic E-state index is -0.820. The van der Waals surface area contributed by atoms with E-state index in [4.69, 9.17) is 9.26 Å². The van der Waals surface area contributed by atoms with E-state index in [9.17, 15) is 9.50 Å². The summed E-state index contributed by atoms with van der Waals surface area (Å²) < 4.78 is 23.7. The average molecular weight is 280 g/mol. The summed E-state index contributed by atoms with van der Waals surface area (Å²) >= 11 is 0. The fourth-order valence-corrected chi connectivity index (χ4v) is 1.79. The van der Waals surface area contributed by atoms with E-state index in [2.05, 4.69) is 10.1 Å². The topological polar surface area (TPSA) is 68.4 Å². The summed E-state index contributed by atoms with van der Waals surface area (Å²) in [5, 5.41) is 13.4. The number of aryl methyl sites for hydroxylation is 1. The molecule has 1 atom stereocenters. The van der Waals surface area contributed by atoms with Gasteiger partial charge >= 0.3 is 0 Å². The molecule has 0 unspecified atom stereocenters. The maximum atomic E-state index is 13.2. The maximum absolute atomic E-state index is 13.2. The molecule has 0 saturated heterocycles. The maximum Gasteiger partial charge on any atom is 0.264 e. The van der Waals surface area contributed by atoms with Gasteiger partial charge in [-0.1, -0.05) is 12.1 Å². The van der Waals surface area contributed by atoms with Crippen molar-refractivity contribution >= 4 is 0 Å². The first-order valence-electron chi connectivity index (χ1n) is 6.52. The van der Waals surface area contributed by atoms with Gasteiger partial charge in [-0.25, -0.2) is 4.39 Å². The van der Waals surface area contributed by atoms with Crippen LogP contribution in [0.4, 0.5) is 4.39 Å². The summed E-state index contributed by atoms with van der Waals surface area (Å²) in [6.45, 7) is 3.66. The first kappa shape index (κ1) is 14.5. The predicted octanol–water partition coefficient (Wildman–Crippen LogP) is 2.79. The Hall–Kier alpha value is -1.95. The number of rotatable bonds is 6. The predicted molar refractivity (Wildman–Crippen MR) is 69.7 cm³/mol. The summed E-state index contributed by atoms with van der Waals surface area (Å²) in [5.74, 6) is 0.975. The van der Waals surface area contributed by atoms with Crippen molar-refractivity contribution in [2.45, 2.75) is 39.4 Å². The summed E-state index contributed by atoms with van der Waals surface area (Å²) in [6.07, 6.45) is 0.863. The van der Waals surface area contributed by atoms with Crippen LogP contribution in [0.3, 0.4) is 0 Å². The van der Waals surface area contributed by atoms with Crippen LogP contribution in [-0.2, 0) is 13.0 Å². The summed E-state index contributed by atoms with van der Waals surface area (Å²) in [6, 6.07) is 3.99. The Labute approximate surface area is 116 Å².